The second kappa shape index (κ2) is 7.13. The van der Waals surface area contributed by atoms with Crippen molar-refractivity contribution >= 4 is 11.8 Å². The molecule has 3 rings (SSSR count). The van der Waals surface area contributed by atoms with E-state index in [1.165, 1.54) is 0 Å². The number of hydrogen-bond acceptors (Lipinski definition) is 3. The second-order valence-corrected chi connectivity index (χ2v) is 6.50. The molecule has 2 saturated heterocycles. The van der Waals surface area contributed by atoms with Crippen LogP contribution in [0.5, 0.6) is 0 Å². The fraction of sp³-hybridized carbons (Fsp3) is 0.556. The maximum Gasteiger partial charge on any atom is 0.250 e. The van der Waals surface area contributed by atoms with Gasteiger partial charge in [-0.1, -0.05) is 30.3 Å². The van der Waals surface area contributed by atoms with Gasteiger partial charge in [-0.25, -0.2) is 0 Å². The molecule has 23 heavy (non-hydrogen) atoms. The quantitative estimate of drug-likeness (QED) is 0.921. The molecule has 0 radical (unpaired) electrons. The topological polar surface area (TPSA) is 52.7 Å². The summed E-state index contributed by atoms with van der Waals surface area (Å²) in [6.45, 7) is 4.97. The smallest absolute Gasteiger partial charge is 0.250 e. The van der Waals surface area contributed by atoms with Crippen molar-refractivity contribution < 1.29 is 9.59 Å². The number of piperidine rings is 1. The van der Waals surface area contributed by atoms with Crippen molar-refractivity contribution in [3.63, 3.8) is 0 Å². The van der Waals surface area contributed by atoms with Crippen molar-refractivity contribution in [2.45, 2.75) is 38.3 Å². The summed E-state index contributed by atoms with van der Waals surface area (Å²) >= 11 is 0. The predicted molar refractivity (Wildman–Crippen MR) is 88.8 cm³/mol. The van der Waals surface area contributed by atoms with Crippen LogP contribution in [0.1, 0.15) is 37.8 Å². The van der Waals surface area contributed by atoms with E-state index in [0.29, 0.717) is 32.1 Å². The lowest BCUT2D eigenvalue weighted by atomic mass is 9.99. The van der Waals surface area contributed by atoms with Gasteiger partial charge in [-0.3, -0.25) is 9.59 Å². The van der Waals surface area contributed by atoms with Gasteiger partial charge in [-0.15, -0.1) is 0 Å². The predicted octanol–water partition coefficient (Wildman–Crippen LogP) is 1.56. The van der Waals surface area contributed by atoms with E-state index in [2.05, 4.69) is 12.2 Å². The summed E-state index contributed by atoms with van der Waals surface area (Å²) in [5, 5.41) is 3.36. The standard InChI is InChI=1S/C18H25N3O2/c1-14-13-20(12-10-19-14)18(23)17(15-7-3-2-4-8-15)21-11-6-5-9-16(21)22/h2-4,7-8,14,17,19H,5-6,9-13H2,1H3. The number of piperazine rings is 1. The molecule has 1 aromatic rings. The minimum atomic E-state index is -0.478. The highest BCUT2D eigenvalue weighted by Crippen LogP contribution is 2.27. The molecule has 2 aliphatic heterocycles. The first-order chi connectivity index (χ1) is 11.2. The van der Waals surface area contributed by atoms with Crippen LogP contribution >= 0.6 is 0 Å². The molecular formula is C18H25N3O2. The molecule has 0 aliphatic carbocycles. The first-order valence-electron chi connectivity index (χ1n) is 8.53. The fourth-order valence-corrected chi connectivity index (χ4v) is 3.50. The first-order valence-corrected chi connectivity index (χ1v) is 8.53. The highest BCUT2D eigenvalue weighted by Gasteiger charge is 2.36. The highest BCUT2D eigenvalue weighted by atomic mass is 16.2. The lowest BCUT2D eigenvalue weighted by Gasteiger charge is -2.39. The number of likely N-dealkylation sites (tertiary alicyclic amines) is 1. The minimum Gasteiger partial charge on any atom is -0.338 e. The monoisotopic (exact) mass is 315 g/mol. The molecule has 0 saturated carbocycles. The summed E-state index contributed by atoms with van der Waals surface area (Å²) < 4.78 is 0. The molecule has 2 amide bonds. The summed E-state index contributed by atoms with van der Waals surface area (Å²) in [4.78, 5) is 29.3. The first kappa shape index (κ1) is 16.0. The van der Waals surface area contributed by atoms with Gasteiger partial charge >= 0.3 is 0 Å². The van der Waals surface area contributed by atoms with E-state index >= 15 is 0 Å². The van der Waals surface area contributed by atoms with Gasteiger partial charge < -0.3 is 15.1 Å². The van der Waals surface area contributed by atoms with Crippen LogP contribution in [0, 0.1) is 0 Å². The molecule has 2 heterocycles. The summed E-state index contributed by atoms with van der Waals surface area (Å²) in [5.41, 5.74) is 0.916. The van der Waals surface area contributed by atoms with E-state index in [1.807, 2.05) is 35.2 Å². The zero-order valence-corrected chi connectivity index (χ0v) is 13.7. The summed E-state index contributed by atoms with van der Waals surface area (Å²) in [6, 6.07) is 9.53. The lowest BCUT2D eigenvalue weighted by molar-refractivity contribution is -0.148. The van der Waals surface area contributed by atoms with Crippen molar-refractivity contribution in [2.75, 3.05) is 26.2 Å². The summed E-state index contributed by atoms with van der Waals surface area (Å²) in [7, 11) is 0. The zero-order chi connectivity index (χ0) is 16.2. The normalized spacial score (nSPS) is 23.7. The molecule has 0 bridgehead atoms. The van der Waals surface area contributed by atoms with Gasteiger partial charge in [-0.2, -0.15) is 0 Å². The Balaban J connectivity index is 1.88. The maximum atomic E-state index is 13.2. The maximum absolute atomic E-state index is 13.2. The van der Waals surface area contributed by atoms with E-state index in [1.54, 1.807) is 4.90 Å². The number of carbonyl (C=O) groups excluding carboxylic acids is 2. The number of nitrogens with one attached hydrogen (secondary N) is 1. The lowest BCUT2D eigenvalue weighted by Crippen LogP contribution is -2.55. The molecule has 2 atom stereocenters. The average Bonchev–Trinajstić information content (AvgIpc) is 2.58. The molecule has 5 heteroatoms. The van der Waals surface area contributed by atoms with Crippen LogP contribution < -0.4 is 5.32 Å². The van der Waals surface area contributed by atoms with Crippen LogP contribution in [0.15, 0.2) is 30.3 Å². The van der Waals surface area contributed by atoms with E-state index in [9.17, 15) is 9.59 Å². The van der Waals surface area contributed by atoms with Crippen LogP contribution in [0.2, 0.25) is 0 Å². The molecule has 0 aromatic heterocycles. The Bertz CT molecular complexity index is 561. The van der Waals surface area contributed by atoms with Gasteiger partial charge in [0.15, 0.2) is 0 Å². The number of hydrogen-bond donors (Lipinski definition) is 1. The molecule has 5 nitrogen and oxygen atoms in total. The molecule has 2 unspecified atom stereocenters. The summed E-state index contributed by atoms with van der Waals surface area (Å²) in [5.74, 6) is 0.154. The molecular weight excluding hydrogens is 290 g/mol. The van der Waals surface area contributed by atoms with Gasteiger partial charge in [0.25, 0.3) is 0 Å². The fourth-order valence-electron chi connectivity index (χ4n) is 3.50. The van der Waals surface area contributed by atoms with Crippen molar-refractivity contribution in [1.29, 1.82) is 0 Å². The molecule has 2 fully saturated rings. The Kier molecular flexibility index (Phi) is 4.96. The minimum absolute atomic E-state index is 0.0554. The molecule has 124 valence electrons. The van der Waals surface area contributed by atoms with Gasteiger partial charge in [0.05, 0.1) is 0 Å². The number of amides is 2. The average molecular weight is 315 g/mol. The van der Waals surface area contributed by atoms with Crippen molar-refractivity contribution in [3.05, 3.63) is 35.9 Å². The third kappa shape index (κ3) is 3.55. The third-order valence-electron chi connectivity index (χ3n) is 4.70. The largest absolute Gasteiger partial charge is 0.338 e. The van der Waals surface area contributed by atoms with Gasteiger partial charge in [0.2, 0.25) is 11.8 Å². The Morgan fingerprint density at radius 1 is 1.22 bits per heavy atom. The van der Waals surface area contributed by atoms with E-state index in [0.717, 1.165) is 24.9 Å². The van der Waals surface area contributed by atoms with E-state index in [4.69, 9.17) is 0 Å². The van der Waals surface area contributed by atoms with Crippen LogP contribution in [0.25, 0.3) is 0 Å². The number of nitrogens with zero attached hydrogens (tertiary/aromatic N) is 2. The van der Waals surface area contributed by atoms with Crippen molar-refractivity contribution in [3.8, 4) is 0 Å². The number of benzene rings is 1. The molecule has 2 aliphatic rings. The van der Waals surface area contributed by atoms with Crippen molar-refractivity contribution in [1.82, 2.24) is 15.1 Å². The Hall–Kier alpha value is -1.88. The SMILES string of the molecule is CC1CN(C(=O)C(c2ccccc2)N2CCCCC2=O)CCN1. The van der Waals surface area contributed by atoms with E-state index in [-0.39, 0.29) is 11.8 Å². The zero-order valence-electron chi connectivity index (χ0n) is 13.7. The third-order valence-corrected chi connectivity index (χ3v) is 4.70. The van der Waals surface area contributed by atoms with Crippen LogP contribution in [-0.2, 0) is 9.59 Å². The van der Waals surface area contributed by atoms with Gasteiger partial charge in [-0.05, 0) is 25.3 Å². The summed E-state index contributed by atoms with van der Waals surface area (Å²) in [6.07, 6.45) is 2.45. The second-order valence-electron chi connectivity index (χ2n) is 6.50. The van der Waals surface area contributed by atoms with Crippen LogP contribution in [0.4, 0.5) is 0 Å². The van der Waals surface area contributed by atoms with Gasteiger partial charge in [0.1, 0.15) is 6.04 Å². The molecule has 1 N–H and O–H groups in total. The Morgan fingerprint density at radius 2 is 2.00 bits per heavy atom. The van der Waals surface area contributed by atoms with Crippen LogP contribution in [-0.4, -0.2) is 53.8 Å². The Labute approximate surface area is 137 Å². The van der Waals surface area contributed by atoms with Crippen LogP contribution in [0.3, 0.4) is 0 Å². The number of carbonyl (C=O) groups is 2. The molecule has 1 aromatic carbocycles. The highest BCUT2D eigenvalue weighted by molar-refractivity contribution is 5.89. The Morgan fingerprint density at radius 3 is 2.70 bits per heavy atom. The number of rotatable bonds is 3. The van der Waals surface area contributed by atoms with Crippen molar-refractivity contribution in [2.24, 2.45) is 0 Å². The van der Waals surface area contributed by atoms with E-state index < -0.39 is 6.04 Å². The molecule has 0 spiro atoms. The van der Waals surface area contributed by atoms with Gasteiger partial charge in [0, 0.05) is 38.6 Å².